The van der Waals surface area contributed by atoms with Gasteiger partial charge in [-0.3, -0.25) is 0 Å². The molecule has 4 heteroatoms. The summed E-state index contributed by atoms with van der Waals surface area (Å²) in [6.07, 6.45) is 0. The van der Waals surface area contributed by atoms with E-state index in [1.807, 2.05) is 5.38 Å². The molecule has 0 saturated heterocycles. The normalized spacial score (nSPS) is 10.4. The van der Waals surface area contributed by atoms with Crippen LogP contribution in [0.2, 0.25) is 0 Å². The van der Waals surface area contributed by atoms with Gasteiger partial charge in [0, 0.05) is 16.7 Å². The molecular weight excluding hydrogens is 217 g/mol. The Hall–Kier alpha value is -0.870. The van der Waals surface area contributed by atoms with Crippen LogP contribution >= 0.6 is 24.0 Å². The number of aromatic nitrogens is 1. The molecule has 0 spiro atoms. The van der Waals surface area contributed by atoms with Crippen LogP contribution in [-0.2, 0) is 5.75 Å². The molecule has 1 heterocycles. The van der Waals surface area contributed by atoms with Gasteiger partial charge in [0.15, 0.2) is 0 Å². The van der Waals surface area contributed by atoms with Gasteiger partial charge >= 0.3 is 0 Å². The van der Waals surface area contributed by atoms with Crippen molar-refractivity contribution in [1.29, 1.82) is 0 Å². The van der Waals surface area contributed by atoms with Crippen LogP contribution in [0, 0.1) is 5.82 Å². The van der Waals surface area contributed by atoms with Crippen LogP contribution in [0.5, 0.6) is 0 Å². The van der Waals surface area contributed by atoms with Crippen LogP contribution in [0.4, 0.5) is 4.39 Å². The lowest BCUT2D eigenvalue weighted by molar-refractivity contribution is 0.628. The fourth-order valence-corrected chi connectivity index (χ4v) is 2.22. The van der Waals surface area contributed by atoms with Crippen LogP contribution in [0.25, 0.3) is 10.6 Å². The fourth-order valence-electron chi connectivity index (χ4n) is 1.10. The first-order chi connectivity index (χ1) is 6.79. The van der Waals surface area contributed by atoms with Gasteiger partial charge in [-0.25, -0.2) is 9.37 Å². The van der Waals surface area contributed by atoms with Gasteiger partial charge in [-0.1, -0.05) is 0 Å². The number of benzene rings is 1. The lowest BCUT2D eigenvalue weighted by Gasteiger charge is -1.94. The molecule has 1 aromatic heterocycles. The van der Waals surface area contributed by atoms with Crippen molar-refractivity contribution in [2.45, 2.75) is 5.75 Å². The number of nitrogens with zero attached hydrogens (tertiary/aromatic N) is 1. The highest BCUT2D eigenvalue weighted by Crippen LogP contribution is 2.24. The lowest BCUT2D eigenvalue weighted by atomic mass is 10.2. The summed E-state index contributed by atoms with van der Waals surface area (Å²) in [6.45, 7) is 0. The minimum Gasteiger partial charge on any atom is -0.240 e. The molecule has 0 fully saturated rings. The summed E-state index contributed by atoms with van der Waals surface area (Å²) < 4.78 is 12.6. The highest BCUT2D eigenvalue weighted by atomic mass is 32.1. The molecule has 0 unspecified atom stereocenters. The van der Waals surface area contributed by atoms with Crippen molar-refractivity contribution in [1.82, 2.24) is 4.98 Å². The molecule has 1 aromatic carbocycles. The minimum absolute atomic E-state index is 0.222. The number of rotatable bonds is 2. The number of thiazole rings is 1. The Balaban J connectivity index is 2.34. The predicted molar refractivity (Wildman–Crippen MR) is 60.2 cm³/mol. The third kappa shape index (κ3) is 1.96. The van der Waals surface area contributed by atoms with Gasteiger partial charge in [0.2, 0.25) is 0 Å². The molecule has 0 aliphatic rings. The average molecular weight is 225 g/mol. The van der Waals surface area contributed by atoms with E-state index in [9.17, 15) is 4.39 Å². The third-order valence-corrected chi connectivity index (χ3v) is 3.07. The SMILES string of the molecule is Fc1ccc(-c2nc(CS)cs2)cc1. The van der Waals surface area contributed by atoms with Crippen LogP contribution in [0.1, 0.15) is 5.69 Å². The Kier molecular flexibility index (Phi) is 2.84. The van der Waals surface area contributed by atoms with E-state index in [1.54, 1.807) is 23.5 Å². The van der Waals surface area contributed by atoms with E-state index in [1.165, 1.54) is 12.1 Å². The van der Waals surface area contributed by atoms with Gasteiger partial charge in [-0.05, 0) is 24.3 Å². The molecule has 0 atom stereocenters. The summed E-state index contributed by atoms with van der Waals surface area (Å²) >= 11 is 5.69. The second-order valence-corrected chi connectivity index (χ2v) is 3.98. The minimum atomic E-state index is -0.222. The summed E-state index contributed by atoms with van der Waals surface area (Å²) in [4.78, 5) is 4.35. The zero-order valence-corrected chi connectivity index (χ0v) is 8.99. The van der Waals surface area contributed by atoms with Crippen LogP contribution < -0.4 is 0 Å². The second-order valence-electron chi connectivity index (χ2n) is 2.81. The molecule has 0 saturated carbocycles. The highest BCUT2D eigenvalue weighted by molar-refractivity contribution is 7.79. The van der Waals surface area contributed by atoms with Gasteiger partial charge in [0.1, 0.15) is 10.8 Å². The Labute approximate surface area is 91.0 Å². The molecule has 0 N–H and O–H groups in total. The van der Waals surface area contributed by atoms with Crippen LogP contribution in [0.3, 0.4) is 0 Å². The Morgan fingerprint density at radius 3 is 2.57 bits per heavy atom. The molecular formula is C10H8FNS2. The Bertz CT molecular complexity index is 422. The van der Waals surface area contributed by atoms with E-state index in [0.29, 0.717) is 5.75 Å². The molecule has 0 aliphatic carbocycles. The molecule has 2 aromatic rings. The van der Waals surface area contributed by atoms with Gasteiger partial charge in [-0.15, -0.1) is 11.3 Å². The van der Waals surface area contributed by atoms with Crippen molar-refractivity contribution < 1.29 is 4.39 Å². The fraction of sp³-hybridized carbons (Fsp3) is 0.100. The van der Waals surface area contributed by atoms with Crippen molar-refractivity contribution in [3.05, 3.63) is 41.2 Å². The van der Waals surface area contributed by atoms with Crippen LogP contribution in [0.15, 0.2) is 29.6 Å². The summed E-state index contributed by atoms with van der Waals surface area (Å²) in [7, 11) is 0. The topological polar surface area (TPSA) is 12.9 Å². The first-order valence-corrected chi connectivity index (χ1v) is 5.62. The van der Waals surface area contributed by atoms with E-state index in [0.717, 1.165) is 16.3 Å². The van der Waals surface area contributed by atoms with E-state index in [2.05, 4.69) is 17.6 Å². The van der Waals surface area contributed by atoms with E-state index in [4.69, 9.17) is 0 Å². The molecule has 0 radical (unpaired) electrons. The van der Waals surface area contributed by atoms with Crippen molar-refractivity contribution >= 4 is 24.0 Å². The largest absolute Gasteiger partial charge is 0.240 e. The second kappa shape index (κ2) is 4.11. The van der Waals surface area contributed by atoms with E-state index < -0.39 is 0 Å². The van der Waals surface area contributed by atoms with Gasteiger partial charge in [0.25, 0.3) is 0 Å². The summed E-state index contributed by atoms with van der Waals surface area (Å²) in [5.74, 6) is 0.414. The van der Waals surface area contributed by atoms with Crippen LogP contribution in [-0.4, -0.2) is 4.98 Å². The number of hydrogen-bond donors (Lipinski definition) is 1. The predicted octanol–water partition coefficient (Wildman–Crippen LogP) is 3.38. The number of halogens is 1. The van der Waals surface area contributed by atoms with Gasteiger partial charge in [-0.2, -0.15) is 12.6 Å². The zero-order chi connectivity index (χ0) is 9.97. The van der Waals surface area contributed by atoms with Gasteiger partial charge < -0.3 is 0 Å². The molecule has 2 rings (SSSR count). The summed E-state index contributed by atoms with van der Waals surface area (Å²) in [5.41, 5.74) is 1.90. The molecule has 0 aliphatic heterocycles. The van der Waals surface area contributed by atoms with Crippen molar-refractivity contribution in [3.63, 3.8) is 0 Å². The lowest BCUT2D eigenvalue weighted by Crippen LogP contribution is -1.79. The van der Waals surface area contributed by atoms with E-state index in [-0.39, 0.29) is 5.82 Å². The zero-order valence-electron chi connectivity index (χ0n) is 7.27. The molecule has 72 valence electrons. The molecule has 1 nitrogen and oxygen atoms in total. The maximum atomic E-state index is 12.6. The Morgan fingerprint density at radius 2 is 2.00 bits per heavy atom. The molecule has 14 heavy (non-hydrogen) atoms. The van der Waals surface area contributed by atoms with Crippen molar-refractivity contribution in [3.8, 4) is 10.6 Å². The number of thiol groups is 1. The van der Waals surface area contributed by atoms with E-state index >= 15 is 0 Å². The summed E-state index contributed by atoms with van der Waals surface area (Å²) in [5, 5.41) is 2.88. The monoisotopic (exact) mass is 225 g/mol. The standard InChI is InChI=1S/C10H8FNS2/c11-8-3-1-7(2-4-8)10-12-9(5-13)6-14-10/h1-4,6,13H,5H2. The Morgan fingerprint density at radius 1 is 1.29 bits per heavy atom. The van der Waals surface area contributed by atoms with Crippen molar-refractivity contribution in [2.75, 3.05) is 0 Å². The quantitative estimate of drug-likeness (QED) is 0.773. The highest BCUT2D eigenvalue weighted by Gasteiger charge is 2.03. The maximum absolute atomic E-state index is 12.6. The maximum Gasteiger partial charge on any atom is 0.123 e. The molecule has 0 amide bonds. The third-order valence-electron chi connectivity index (χ3n) is 1.80. The van der Waals surface area contributed by atoms with Gasteiger partial charge in [0.05, 0.1) is 5.69 Å². The van der Waals surface area contributed by atoms with Crippen molar-refractivity contribution in [2.24, 2.45) is 0 Å². The smallest absolute Gasteiger partial charge is 0.123 e. The summed E-state index contributed by atoms with van der Waals surface area (Å²) in [6, 6.07) is 6.35. The number of hydrogen-bond acceptors (Lipinski definition) is 3. The first-order valence-electron chi connectivity index (χ1n) is 4.11. The molecule has 0 bridgehead atoms. The first kappa shape index (κ1) is 9.68. The average Bonchev–Trinajstić information content (AvgIpc) is 2.67.